The highest BCUT2D eigenvalue weighted by molar-refractivity contribution is 6.21. The number of benzene rings is 3. The maximum atomic E-state index is 13.9. The van der Waals surface area contributed by atoms with Crippen molar-refractivity contribution in [2.45, 2.75) is 18.7 Å². The van der Waals surface area contributed by atoms with Crippen LogP contribution in [0.5, 0.6) is 0 Å². The van der Waals surface area contributed by atoms with Crippen LogP contribution in [0, 0.1) is 12.7 Å². The molecule has 3 rings (SSSR count). The fraction of sp³-hybridized carbons (Fsp3) is 0.158. The van der Waals surface area contributed by atoms with E-state index in [-0.39, 0.29) is 11.2 Å². The molecule has 1 atom stereocenters. The molecule has 3 aromatic rings. The van der Waals surface area contributed by atoms with Crippen molar-refractivity contribution < 1.29 is 4.39 Å². The first kappa shape index (κ1) is 14.1. The zero-order chi connectivity index (χ0) is 14.8. The van der Waals surface area contributed by atoms with E-state index in [0.717, 1.165) is 11.1 Å². The van der Waals surface area contributed by atoms with Gasteiger partial charge in [0.1, 0.15) is 5.82 Å². The van der Waals surface area contributed by atoms with Crippen LogP contribution in [0.25, 0.3) is 10.8 Å². The lowest BCUT2D eigenvalue weighted by Gasteiger charge is -2.12. The summed E-state index contributed by atoms with van der Waals surface area (Å²) in [5.74, 6) is -0.235. The van der Waals surface area contributed by atoms with E-state index in [1.165, 1.54) is 16.8 Å². The van der Waals surface area contributed by atoms with Gasteiger partial charge in [0.15, 0.2) is 0 Å². The molecule has 0 amide bonds. The van der Waals surface area contributed by atoms with Crippen LogP contribution in [0.3, 0.4) is 0 Å². The van der Waals surface area contributed by atoms with Crippen LogP contribution >= 0.6 is 11.6 Å². The van der Waals surface area contributed by atoms with E-state index < -0.39 is 0 Å². The third-order valence-corrected chi connectivity index (χ3v) is 4.11. The molecule has 0 saturated heterocycles. The molecule has 21 heavy (non-hydrogen) atoms. The van der Waals surface area contributed by atoms with E-state index in [1.807, 2.05) is 25.1 Å². The molecule has 0 N–H and O–H groups in total. The highest BCUT2D eigenvalue weighted by Gasteiger charge is 2.14. The molecule has 0 aliphatic rings. The molecule has 1 unspecified atom stereocenters. The predicted molar refractivity (Wildman–Crippen MR) is 87.4 cm³/mol. The molecule has 0 bridgehead atoms. The second-order valence-electron chi connectivity index (χ2n) is 5.38. The summed E-state index contributed by atoms with van der Waals surface area (Å²) in [6.07, 6.45) is 0.618. The molecule has 2 heteroatoms. The average molecular weight is 299 g/mol. The molecule has 0 aliphatic carbocycles. The highest BCUT2D eigenvalue weighted by Crippen LogP contribution is 2.29. The molecular formula is C19H16ClF. The van der Waals surface area contributed by atoms with Crippen LogP contribution in [-0.4, -0.2) is 0 Å². The zero-order valence-electron chi connectivity index (χ0n) is 11.8. The molecule has 106 valence electrons. The quantitative estimate of drug-likeness (QED) is 0.535. The topological polar surface area (TPSA) is 0 Å². The molecule has 0 nitrogen and oxygen atoms in total. The van der Waals surface area contributed by atoms with Gasteiger partial charge >= 0.3 is 0 Å². The summed E-state index contributed by atoms with van der Waals surface area (Å²) < 4.78 is 13.9. The van der Waals surface area contributed by atoms with E-state index in [9.17, 15) is 4.39 Å². The number of fused-ring (bicyclic) bond motifs is 1. The lowest BCUT2D eigenvalue weighted by atomic mass is 9.99. The Kier molecular flexibility index (Phi) is 3.94. The largest absolute Gasteiger partial charge is 0.207 e. The van der Waals surface area contributed by atoms with Crippen LogP contribution in [0.15, 0.2) is 60.7 Å². The summed E-state index contributed by atoms with van der Waals surface area (Å²) in [5, 5.41) is 2.03. The first-order valence-electron chi connectivity index (χ1n) is 7.01. The van der Waals surface area contributed by atoms with Crippen molar-refractivity contribution in [3.05, 3.63) is 83.2 Å². The summed E-state index contributed by atoms with van der Waals surface area (Å²) >= 11 is 6.43. The van der Waals surface area contributed by atoms with Gasteiger partial charge in [-0.05, 0) is 35.7 Å². The van der Waals surface area contributed by atoms with E-state index in [2.05, 4.69) is 30.3 Å². The van der Waals surface area contributed by atoms with Crippen LogP contribution in [0.2, 0.25) is 0 Å². The average Bonchev–Trinajstić information content (AvgIpc) is 2.49. The summed E-state index contributed by atoms with van der Waals surface area (Å²) in [7, 11) is 0. The molecule has 3 aromatic carbocycles. The van der Waals surface area contributed by atoms with Gasteiger partial charge in [0.2, 0.25) is 0 Å². The Morgan fingerprint density at radius 2 is 1.71 bits per heavy atom. The summed E-state index contributed by atoms with van der Waals surface area (Å²) in [6.45, 7) is 1.95. The Hall–Kier alpha value is -1.86. The van der Waals surface area contributed by atoms with Crippen LogP contribution in [-0.2, 0) is 6.42 Å². The van der Waals surface area contributed by atoms with E-state index in [0.29, 0.717) is 12.0 Å². The normalized spacial score (nSPS) is 12.5. The first-order chi connectivity index (χ1) is 10.1. The minimum absolute atomic E-state index is 0.235. The maximum absolute atomic E-state index is 13.9. The van der Waals surface area contributed by atoms with E-state index >= 15 is 0 Å². The zero-order valence-corrected chi connectivity index (χ0v) is 12.6. The monoisotopic (exact) mass is 298 g/mol. The van der Waals surface area contributed by atoms with Gasteiger partial charge in [0.25, 0.3) is 0 Å². The smallest absolute Gasteiger partial charge is 0.127 e. The second-order valence-corrected chi connectivity index (χ2v) is 5.90. The number of rotatable bonds is 3. The number of hydrogen-bond donors (Lipinski definition) is 0. The Labute approximate surface area is 129 Å². The Morgan fingerprint density at radius 3 is 2.52 bits per heavy atom. The highest BCUT2D eigenvalue weighted by atomic mass is 35.5. The second kappa shape index (κ2) is 5.87. The number of aryl methyl sites for hydroxylation is 1. The van der Waals surface area contributed by atoms with Crippen molar-refractivity contribution in [2.75, 3.05) is 0 Å². The summed E-state index contributed by atoms with van der Waals surface area (Å²) in [4.78, 5) is 0. The van der Waals surface area contributed by atoms with Crippen molar-refractivity contribution in [2.24, 2.45) is 0 Å². The third-order valence-electron chi connectivity index (χ3n) is 3.72. The Balaban J connectivity index is 1.88. The lowest BCUT2D eigenvalue weighted by molar-refractivity contribution is 0.605. The van der Waals surface area contributed by atoms with Gasteiger partial charge in [-0.1, -0.05) is 60.2 Å². The van der Waals surface area contributed by atoms with Gasteiger partial charge in [-0.15, -0.1) is 11.6 Å². The predicted octanol–water partition coefficient (Wildman–Crippen LogP) is 5.81. The van der Waals surface area contributed by atoms with Crippen molar-refractivity contribution in [3.63, 3.8) is 0 Å². The number of hydrogen-bond acceptors (Lipinski definition) is 0. The van der Waals surface area contributed by atoms with Crippen LogP contribution in [0.1, 0.15) is 22.1 Å². The van der Waals surface area contributed by atoms with Crippen molar-refractivity contribution in [3.8, 4) is 0 Å². The first-order valence-corrected chi connectivity index (χ1v) is 7.45. The molecule has 0 heterocycles. The molecule has 0 aliphatic heterocycles. The molecule has 0 aromatic heterocycles. The van der Waals surface area contributed by atoms with Gasteiger partial charge in [-0.2, -0.15) is 0 Å². The fourth-order valence-electron chi connectivity index (χ4n) is 2.59. The van der Waals surface area contributed by atoms with Crippen LogP contribution < -0.4 is 0 Å². The molecule has 0 saturated carbocycles. The minimum atomic E-state index is -0.355. The molecular weight excluding hydrogens is 283 g/mol. The SMILES string of the molecule is Cc1ccc(F)c(C(Cl)Cc2ccc3ccccc3c2)c1. The van der Waals surface area contributed by atoms with Gasteiger partial charge in [-0.25, -0.2) is 4.39 Å². The maximum Gasteiger partial charge on any atom is 0.127 e. The Morgan fingerprint density at radius 1 is 0.952 bits per heavy atom. The fourth-order valence-corrected chi connectivity index (χ4v) is 2.93. The standard InChI is InChI=1S/C19H16ClF/c1-13-6-9-19(21)17(10-13)18(20)12-14-7-8-15-4-2-3-5-16(15)11-14/h2-11,18H,12H2,1H3. The van der Waals surface area contributed by atoms with Gasteiger partial charge < -0.3 is 0 Å². The van der Waals surface area contributed by atoms with Crippen molar-refractivity contribution in [1.82, 2.24) is 0 Å². The van der Waals surface area contributed by atoms with Crippen molar-refractivity contribution in [1.29, 1.82) is 0 Å². The third kappa shape index (κ3) is 3.08. The number of halogens is 2. The lowest BCUT2D eigenvalue weighted by Crippen LogP contribution is -1.99. The van der Waals surface area contributed by atoms with Crippen LogP contribution in [0.4, 0.5) is 4.39 Å². The number of alkyl halides is 1. The van der Waals surface area contributed by atoms with Crippen molar-refractivity contribution >= 4 is 22.4 Å². The van der Waals surface area contributed by atoms with Gasteiger partial charge in [0, 0.05) is 5.56 Å². The molecule has 0 radical (unpaired) electrons. The molecule has 0 fully saturated rings. The van der Waals surface area contributed by atoms with E-state index in [1.54, 1.807) is 6.07 Å². The summed E-state index contributed by atoms with van der Waals surface area (Å²) in [6, 6.07) is 19.5. The summed E-state index contributed by atoms with van der Waals surface area (Å²) in [5.41, 5.74) is 2.72. The minimum Gasteiger partial charge on any atom is -0.207 e. The van der Waals surface area contributed by atoms with Gasteiger partial charge in [0.05, 0.1) is 5.38 Å². The van der Waals surface area contributed by atoms with E-state index in [4.69, 9.17) is 11.6 Å². The molecule has 0 spiro atoms. The van der Waals surface area contributed by atoms with Gasteiger partial charge in [-0.3, -0.25) is 0 Å². The Bertz CT molecular complexity index is 779.